The van der Waals surface area contributed by atoms with Crippen LogP contribution in [0.3, 0.4) is 0 Å². The number of nitrogens with one attached hydrogen (secondary N) is 1. The standard InChI is InChI=1S/C12H16BrNO3/c13-11-5-4-10(17-11)12(15)14-6-1-7-16-8-9-2-3-9/h4-5,9H,1-3,6-8H2,(H,14,15). The Morgan fingerprint density at radius 2 is 2.35 bits per heavy atom. The second kappa shape index (κ2) is 6.21. The summed E-state index contributed by atoms with van der Waals surface area (Å²) in [5.74, 6) is 0.943. The molecule has 1 fully saturated rings. The molecule has 1 saturated carbocycles. The number of carbonyl (C=O) groups excluding carboxylic acids is 1. The molecule has 17 heavy (non-hydrogen) atoms. The van der Waals surface area contributed by atoms with E-state index in [1.807, 2.05) is 0 Å². The molecule has 1 aliphatic carbocycles. The molecule has 0 radical (unpaired) electrons. The summed E-state index contributed by atoms with van der Waals surface area (Å²) >= 11 is 3.16. The number of hydrogen-bond donors (Lipinski definition) is 1. The molecule has 1 heterocycles. The van der Waals surface area contributed by atoms with E-state index in [9.17, 15) is 4.79 Å². The van der Waals surface area contributed by atoms with E-state index in [4.69, 9.17) is 9.15 Å². The molecule has 1 aromatic rings. The van der Waals surface area contributed by atoms with Crippen molar-refractivity contribution in [2.45, 2.75) is 19.3 Å². The van der Waals surface area contributed by atoms with Gasteiger partial charge in [-0.3, -0.25) is 4.79 Å². The first-order valence-electron chi connectivity index (χ1n) is 5.87. The van der Waals surface area contributed by atoms with E-state index in [0.717, 1.165) is 18.9 Å². The molecular formula is C12H16BrNO3. The summed E-state index contributed by atoms with van der Waals surface area (Å²) in [6.07, 6.45) is 3.45. The van der Waals surface area contributed by atoms with Crippen LogP contribution in [0.4, 0.5) is 0 Å². The largest absolute Gasteiger partial charge is 0.444 e. The molecule has 1 aromatic heterocycles. The van der Waals surface area contributed by atoms with Crippen molar-refractivity contribution in [2.24, 2.45) is 5.92 Å². The minimum absolute atomic E-state index is 0.183. The van der Waals surface area contributed by atoms with E-state index in [-0.39, 0.29) is 5.91 Å². The Morgan fingerprint density at radius 1 is 1.53 bits per heavy atom. The molecule has 1 amide bonds. The first kappa shape index (κ1) is 12.6. The summed E-state index contributed by atoms with van der Waals surface area (Å²) in [6, 6.07) is 3.34. The number of hydrogen-bond acceptors (Lipinski definition) is 3. The molecule has 0 saturated heterocycles. The molecule has 1 N–H and O–H groups in total. The highest BCUT2D eigenvalue weighted by atomic mass is 79.9. The van der Waals surface area contributed by atoms with Crippen molar-refractivity contribution in [3.05, 3.63) is 22.6 Å². The maximum absolute atomic E-state index is 11.5. The number of amides is 1. The average Bonchev–Trinajstić information content (AvgIpc) is 3.04. The molecule has 94 valence electrons. The van der Waals surface area contributed by atoms with Crippen molar-refractivity contribution < 1.29 is 13.9 Å². The van der Waals surface area contributed by atoms with E-state index in [1.54, 1.807) is 12.1 Å². The van der Waals surface area contributed by atoms with Crippen LogP contribution in [-0.4, -0.2) is 25.7 Å². The van der Waals surface area contributed by atoms with E-state index in [0.29, 0.717) is 23.6 Å². The van der Waals surface area contributed by atoms with Gasteiger partial charge in [-0.25, -0.2) is 0 Å². The van der Waals surface area contributed by atoms with Gasteiger partial charge < -0.3 is 14.5 Å². The SMILES string of the molecule is O=C(NCCCOCC1CC1)c1ccc(Br)o1. The number of rotatable bonds is 7. The molecule has 0 spiro atoms. The number of ether oxygens (including phenoxy) is 1. The second-order valence-electron chi connectivity index (χ2n) is 4.23. The summed E-state index contributed by atoms with van der Waals surface area (Å²) < 4.78 is 11.2. The first-order chi connectivity index (χ1) is 8.25. The molecule has 0 bridgehead atoms. The maximum Gasteiger partial charge on any atom is 0.287 e. The number of carbonyl (C=O) groups is 1. The van der Waals surface area contributed by atoms with Crippen LogP contribution < -0.4 is 5.32 Å². The summed E-state index contributed by atoms with van der Waals surface area (Å²) in [5, 5.41) is 2.78. The highest BCUT2D eigenvalue weighted by Crippen LogP contribution is 2.28. The van der Waals surface area contributed by atoms with Crippen molar-refractivity contribution in [2.75, 3.05) is 19.8 Å². The highest BCUT2D eigenvalue weighted by Gasteiger charge is 2.20. The maximum atomic E-state index is 11.5. The Bertz CT molecular complexity index is 374. The van der Waals surface area contributed by atoms with Gasteiger partial charge in [-0.2, -0.15) is 0 Å². The monoisotopic (exact) mass is 301 g/mol. The van der Waals surface area contributed by atoms with Gasteiger partial charge in [0.15, 0.2) is 10.4 Å². The normalized spacial score (nSPS) is 14.9. The van der Waals surface area contributed by atoms with Crippen molar-refractivity contribution in [1.82, 2.24) is 5.32 Å². The fraction of sp³-hybridized carbons (Fsp3) is 0.583. The molecule has 5 heteroatoms. The van der Waals surface area contributed by atoms with Crippen LogP contribution in [-0.2, 0) is 4.74 Å². The Morgan fingerprint density at radius 3 is 3.00 bits per heavy atom. The molecule has 0 aromatic carbocycles. The zero-order chi connectivity index (χ0) is 12.1. The second-order valence-corrected chi connectivity index (χ2v) is 5.01. The van der Waals surface area contributed by atoms with Crippen LogP contribution in [0.15, 0.2) is 21.2 Å². The van der Waals surface area contributed by atoms with E-state index >= 15 is 0 Å². The molecule has 0 aliphatic heterocycles. The first-order valence-corrected chi connectivity index (χ1v) is 6.66. The lowest BCUT2D eigenvalue weighted by Crippen LogP contribution is -2.24. The van der Waals surface area contributed by atoms with Gasteiger partial charge in [0.25, 0.3) is 5.91 Å². The van der Waals surface area contributed by atoms with Gasteiger partial charge in [-0.15, -0.1) is 0 Å². The van der Waals surface area contributed by atoms with Gasteiger partial charge in [0.2, 0.25) is 0 Å². The lowest BCUT2D eigenvalue weighted by atomic mass is 10.4. The van der Waals surface area contributed by atoms with Crippen LogP contribution >= 0.6 is 15.9 Å². The van der Waals surface area contributed by atoms with Gasteiger partial charge in [-0.1, -0.05) is 0 Å². The lowest BCUT2D eigenvalue weighted by molar-refractivity contribution is 0.0909. The van der Waals surface area contributed by atoms with Gasteiger partial charge in [0.1, 0.15) is 0 Å². The van der Waals surface area contributed by atoms with Crippen LogP contribution in [0.25, 0.3) is 0 Å². The zero-order valence-electron chi connectivity index (χ0n) is 9.58. The van der Waals surface area contributed by atoms with E-state index in [1.165, 1.54) is 12.8 Å². The third-order valence-electron chi connectivity index (χ3n) is 2.60. The third-order valence-corrected chi connectivity index (χ3v) is 3.02. The van der Waals surface area contributed by atoms with Crippen LogP contribution in [0.2, 0.25) is 0 Å². The van der Waals surface area contributed by atoms with Crippen molar-refractivity contribution >= 4 is 21.8 Å². The van der Waals surface area contributed by atoms with Crippen LogP contribution in [0.5, 0.6) is 0 Å². The van der Waals surface area contributed by atoms with Crippen molar-refractivity contribution in [3.8, 4) is 0 Å². The number of furan rings is 1. The number of halogens is 1. The Kier molecular flexibility index (Phi) is 4.62. The minimum Gasteiger partial charge on any atom is -0.444 e. The van der Waals surface area contributed by atoms with Gasteiger partial charge in [-0.05, 0) is 53.2 Å². The topological polar surface area (TPSA) is 51.5 Å². The summed E-state index contributed by atoms with van der Waals surface area (Å²) in [5.41, 5.74) is 0. The Labute approximate surface area is 109 Å². The molecule has 1 aliphatic rings. The van der Waals surface area contributed by atoms with Gasteiger partial charge >= 0.3 is 0 Å². The quantitative estimate of drug-likeness (QED) is 0.788. The van der Waals surface area contributed by atoms with E-state index < -0.39 is 0 Å². The highest BCUT2D eigenvalue weighted by molar-refractivity contribution is 9.10. The average molecular weight is 302 g/mol. The van der Waals surface area contributed by atoms with Crippen LogP contribution in [0.1, 0.15) is 29.8 Å². The summed E-state index contributed by atoms with van der Waals surface area (Å²) in [4.78, 5) is 11.5. The van der Waals surface area contributed by atoms with Crippen LogP contribution in [0, 0.1) is 5.92 Å². The van der Waals surface area contributed by atoms with Gasteiger partial charge in [0.05, 0.1) is 0 Å². The molecule has 2 rings (SSSR count). The van der Waals surface area contributed by atoms with Gasteiger partial charge in [0, 0.05) is 19.8 Å². The van der Waals surface area contributed by atoms with E-state index in [2.05, 4.69) is 21.2 Å². The smallest absolute Gasteiger partial charge is 0.287 e. The summed E-state index contributed by atoms with van der Waals surface area (Å²) in [6.45, 7) is 2.19. The molecule has 4 nitrogen and oxygen atoms in total. The van der Waals surface area contributed by atoms with Crippen molar-refractivity contribution in [3.63, 3.8) is 0 Å². The lowest BCUT2D eigenvalue weighted by Gasteiger charge is -2.04. The zero-order valence-corrected chi connectivity index (χ0v) is 11.2. The summed E-state index contributed by atoms with van der Waals surface area (Å²) in [7, 11) is 0. The minimum atomic E-state index is -0.183. The fourth-order valence-electron chi connectivity index (χ4n) is 1.43. The molecule has 0 unspecified atom stereocenters. The Hall–Kier alpha value is -0.810. The fourth-order valence-corrected chi connectivity index (χ4v) is 1.74. The Balaban J connectivity index is 1.53. The molecule has 0 atom stereocenters. The third kappa shape index (κ3) is 4.52. The van der Waals surface area contributed by atoms with Crippen molar-refractivity contribution in [1.29, 1.82) is 0 Å². The predicted molar refractivity (Wildman–Crippen MR) is 66.9 cm³/mol. The molecular weight excluding hydrogens is 286 g/mol. The predicted octanol–water partition coefficient (Wildman–Crippen LogP) is 2.59.